The number of carbonyl (C=O) groups is 2. The molecule has 1 aromatic carbocycles. The predicted molar refractivity (Wildman–Crippen MR) is 85.6 cm³/mol. The molecule has 0 amide bonds. The van der Waals surface area contributed by atoms with Crippen LogP contribution in [-0.2, 0) is 14.3 Å². The minimum atomic E-state index is -0.784. The summed E-state index contributed by atoms with van der Waals surface area (Å²) in [4.78, 5) is 23.2. The molecule has 0 saturated heterocycles. The number of methoxy groups -OCH3 is 1. The zero-order valence-corrected chi connectivity index (χ0v) is 13.8. The van der Waals surface area contributed by atoms with Crippen LogP contribution in [0.1, 0.15) is 37.4 Å². The van der Waals surface area contributed by atoms with Gasteiger partial charge in [0.25, 0.3) is 0 Å². The van der Waals surface area contributed by atoms with Gasteiger partial charge in [-0.3, -0.25) is 9.59 Å². The number of hydrogen-bond acceptors (Lipinski definition) is 4. The van der Waals surface area contributed by atoms with Crippen molar-refractivity contribution in [3.05, 3.63) is 29.8 Å². The third-order valence-corrected chi connectivity index (χ3v) is 4.58. The van der Waals surface area contributed by atoms with E-state index >= 15 is 0 Å². The van der Waals surface area contributed by atoms with Gasteiger partial charge in [0.05, 0.1) is 24.8 Å². The number of esters is 1. The summed E-state index contributed by atoms with van der Waals surface area (Å²) in [5.74, 6) is -0.772. The van der Waals surface area contributed by atoms with Gasteiger partial charge < -0.3 is 14.6 Å². The summed E-state index contributed by atoms with van der Waals surface area (Å²) >= 11 is 5.94. The van der Waals surface area contributed by atoms with Gasteiger partial charge >= 0.3 is 11.9 Å². The van der Waals surface area contributed by atoms with Crippen molar-refractivity contribution in [2.24, 2.45) is 11.8 Å². The van der Waals surface area contributed by atoms with Gasteiger partial charge in [-0.25, -0.2) is 0 Å². The average Bonchev–Trinajstić information content (AvgIpc) is 2.59. The van der Waals surface area contributed by atoms with E-state index in [4.69, 9.17) is 26.2 Å². The van der Waals surface area contributed by atoms with Gasteiger partial charge in [-0.05, 0) is 43.4 Å². The highest BCUT2D eigenvalue weighted by Crippen LogP contribution is 2.31. The molecule has 126 valence electrons. The molecule has 23 heavy (non-hydrogen) atoms. The number of rotatable bonds is 6. The fourth-order valence-corrected chi connectivity index (χ4v) is 3.06. The molecule has 1 N–H and O–H groups in total. The van der Waals surface area contributed by atoms with Crippen molar-refractivity contribution in [1.82, 2.24) is 0 Å². The molecule has 1 fully saturated rings. The Balaban J connectivity index is 1.93. The van der Waals surface area contributed by atoms with Crippen LogP contribution in [0.3, 0.4) is 0 Å². The number of carboxylic acid groups (broad SMARTS) is 1. The van der Waals surface area contributed by atoms with E-state index in [0.717, 1.165) is 11.3 Å². The van der Waals surface area contributed by atoms with Crippen LogP contribution < -0.4 is 4.74 Å². The Labute approximate surface area is 140 Å². The van der Waals surface area contributed by atoms with Crippen molar-refractivity contribution >= 4 is 23.5 Å². The minimum Gasteiger partial charge on any atom is -0.497 e. The molecule has 0 spiro atoms. The maximum atomic E-state index is 12.3. The lowest BCUT2D eigenvalue weighted by atomic mass is 9.82. The van der Waals surface area contributed by atoms with E-state index < -0.39 is 12.1 Å². The van der Waals surface area contributed by atoms with Gasteiger partial charge in [-0.15, -0.1) is 11.6 Å². The number of carboxylic acids is 1. The number of benzene rings is 1. The van der Waals surface area contributed by atoms with E-state index in [9.17, 15) is 9.59 Å². The maximum Gasteiger partial charge on any atom is 0.309 e. The van der Waals surface area contributed by atoms with Crippen LogP contribution in [0.2, 0.25) is 0 Å². The summed E-state index contributed by atoms with van der Waals surface area (Å²) in [6, 6.07) is 7.22. The molecular formula is C17H21ClO5. The van der Waals surface area contributed by atoms with Crippen LogP contribution in [0.15, 0.2) is 24.3 Å². The molecule has 1 unspecified atom stereocenters. The first kappa shape index (κ1) is 17.6. The number of hydrogen-bond donors (Lipinski definition) is 1. The summed E-state index contributed by atoms with van der Waals surface area (Å²) in [5, 5.41) is 8.99. The zero-order chi connectivity index (χ0) is 16.8. The van der Waals surface area contributed by atoms with Crippen LogP contribution in [0.4, 0.5) is 0 Å². The summed E-state index contributed by atoms with van der Waals surface area (Å²) in [5.41, 5.74) is 0.813. The fraction of sp³-hybridized carbons (Fsp3) is 0.529. The van der Waals surface area contributed by atoms with Gasteiger partial charge in [0.2, 0.25) is 0 Å². The molecule has 0 aromatic heterocycles. The third-order valence-electron chi connectivity index (χ3n) is 4.30. The summed E-state index contributed by atoms with van der Waals surface area (Å²) < 4.78 is 10.6. The van der Waals surface area contributed by atoms with Crippen LogP contribution in [0, 0.1) is 11.8 Å². The number of carbonyl (C=O) groups excluding carboxylic acids is 1. The molecule has 2 rings (SSSR count). The van der Waals surface area contributed by atoms with Gasteiger partial charge in [0.15, 0.2) is 0 Å². The molecule has 6 heteroatoms. The Bertz CT molecular complexity index is 534. The van der Waals surface area contributed by atoms with Crippen LogP contribution in [0.5, 0.6) is 5.75 Å². The first-order valence-electron chi connectivity index (χ1n) is 7.68. The van der Waals surface area contributed by atoms with E-state index in [2.05, 4.69) is 0 Å². The van der Waals surface area contributed by atoms with Gasteiger partial charge in [-0.1, -0.05) is 12.1 Å². The second-order valence-corrected chi connectivity index (χ2v) is 6.05. The van der Waals surface area contributed by atoms with E-state index in [1.54, 1.807) is 19.2 Å². The third kappa shape index (κ3) is 4.61. The highest BCUT2D eigenvalue weighted by molar-refractivity contribution is 6.18. The molecule has 5 nitrogen and oxygen atoms in total. The standard InChI is InChI=1S/C17H21ClO5/c1-22-14-8-6-11(7-9-14)15(10-18)23-17(21)13-4-2-12(3-5-13)16(19)20/h6-9,12-13,15H,2-5,10H2,1H3,(H,19,20). The predicted octanol–water partition coefficient (Wildman–Crippen LogP) is 3.41. The lowest BCUT2D eigenvalue weighted by Gasteiger charge is -2.26. The summed E-state index contributed by atoms with van der Waals surface area (Å²) in [6.45, 7) is 0. The number of alkyl halides is 1. The smallest absolute Gasteiger partial charge is 0.309 e. The van der Waals surface area contributed by atoms with Crippen LogP contribution in [-0.4, -0.2) is 30.0 Å². The highest BCUT2D eigenvalue weighted by Gasteiger charge is 2.31. The Morgan fingerprint density at radius 1 is 1.17 bits per heavy atom. The molecule has 0 bridgehead atoms. The monoisotopic (exact) mass is 340 g/mol. The normalized spacial score (nSPS) is 22.2. The second kappa shape index (κ2) is 8.20. The SMILES string of the molecule is COc1ccc(C(CCl)OC(=O)C2CCC(C(=O)O)CC2)cc1. The van der Waals surface area contributed by atoms with Gasteiger partial charge in [0.1, 0.15) is 11.9 Å². The largest absolute Gasteiger partial charge is 0.497 e. The van der Waals surface area contributed by atoms with E-state index in [0.29, 0.717) is 25.7 Å². The quantitative estimate of drug-likeness (QED) is 0.634. The Morgan fingerprint density at radius 3 is 2.22 bits per heavy atom. The summed E-state index contributed by atoms with van der Waals surface area (Å²) in [6.07, 6.45) is 1.62. The van der Waals surface area contributed by atoms with Gasteiger partial charge in [0, 0.05) is 0 Å². The first-order chi connectivity index (χ1) is 11.0. The number of ether oxygens (including phenoxy) is 2. The average molecular weight is 341 g/mol. The van der Waals surface area contributed by atoms with Crippen molar-refractivity contribution in [1.29, 1.82) is 0 Å². The Hall–Kier alpha value is -1.75. The van der Waals surface area contributed by atoms with Crippen molar-refractivity contribution < 1.29 is 24.2 Å². The number of aliphatic carboxylic acids is 1. The van der Waals surface area contributed by atoms with Crippen molar-refractivity contribution in [3.8, 4) is 5.75 Å². The molecule has 1 atom stereocenters. The molecule has 0 heterocycles. The second-order valence-electron chi connectivity index (χ2n) is 5.74. The maximum absolute atomic E-state index is 12.3. The van der Waals surface area contributed by atoms with Crippen molar-refractivity contribution in [2.75, 3.05) is 13.0 Å². The molecule has 1 aliphatic carbocycles. The lowest BCUT2D eigenvalue weighted by molar-refractivity contribution is -0.156. The summed E-state index contributed by atoms with van der Waals surface area (Å²) in [7, 11) is 1.58. The van der Waals surface area contributed by atoms with Gasteiger partial charge in [-0.2, -0.15) is 0 Å². The fourth-order valence-electron chi connectivity index (χ4n) is 2.82. The zero-order valence-electron chi connectivity index (χ0n) is 13.0. The van der Waals surface area contributed by atoms with E-state index in [-0.39, 0.29) is 23.7 Å². The molecule has 0 aliphatic heterocycles. The molecule has 0 radical (unpaired) electrons. The highest BCUT2D eigenvalue weighted by atomic mass is 35.5. The Morgan fingerprint density at radius 2 is 1.74 bits per heavy atom. The minimum absolute atomic E-state index is 0.169. The Kier molecular flexibility index (Phi) is 6.28. The van der Waals surface area contributed by atoms with E-state index in [1.165, 1.54) is 0 Å². The number of halogens is 1. The molecule has 1 aliphatic rings. The van der Waals surface area contributed by atoms with Crippen molar-refractivity contribution in [3.63, 3.8) is 0 Å². The van der Waals surface area contributed by atoms with E-state index in [1.807, 2.05) is 12.1 Å². The molecule has 1 aromatic rings. The molecular weight excluding hydrogens is 320 g/mol. The van der Waals surface area contributed by atoms with Crippen LogP contribution >= 0.6 is 11.6 Å². The topological polar surface area (TPSA) is 72.8 Å². The van der Waals surface area contributed by atoms with Crippen molar-refractivity contribution in [2.45, 2.75) is 31.8 Å². The first-order valence-corrected chi connectivity index (χ1v) is 8.21. The van der Waals surface area contributed by atoms with Crippen LogP contribution in [0.25, 0.3) is 0 Å². The lowest BCUT2D eigenvalue weighted by Crippen LogP contribution is -2.28. The molecule has 1 saturated carbocycles.